The third-order valence-corrected chi connectivity index (χ3v) is 5.64. The molecule has 0 heterocycles. The van der Waals surface area contributed by atoms with E-state index in [1.165, 1.54) is 11.1 Å². The van der Waals surface area contributed by atoms with Crippen LogP contribution in [0, 0.1) is 6.92 Å². The summed E-state index contributed by atoms with van der Waals surface area (Å²) in [6, 6.07) is 4.41. The summed E-state index contributed by atoms with van der Waals surface area (Å²) in [6.45, 7) is 18.8. The number of nitrogens with two attached hydrogens (primary N) is 1. The number of hydrogen-bond donors (Lipinski definition) is 2. The van der Waals surface area contributed by atoms with E-state index in [0.29, 0.717) is 42.8 Å². The van der Waals surface area contributed by atoms with E-state index in [2.05, 4.69) is 56.2 Å². The van der Waals surface area contributed by atoms with Crippen molar-refractivity contribution in [3.05, 3.63) is 76.4 Å². The average Bonchev–Trinajstić information content (AvgIpc) is 2.72. The molecule has 0 spiro atoms. The van der Waals surface area contributed by atoms with Crippen molar-refractivity contribution < 1.29 is 4.39 Å². The van der Waals surface area contributed by atoms with Crippen LogP contribution in [0.25, 0.3) is 5.57 Å². The molecule has 0 amide bonds. The van der Waals surface area contributed by atoms with E-state index >= 15 is 0 Å². The van der Waals surface area contributed by atoms with Gasteiger partial charge in [0, 0.05) is 30.3 Å². The maximum Gasteiger partial charge on any atom is 0.104 e. The molecular formula is C26H36FN3. The van der Waals surface area contributed by atoms with Gasteiger partial charge in [-0.3, -0.25) is 4.99 Å². The molecule has 0 saturated carbocycles. The quantitative estimate of drug-likeness (QED) is 0.351. The molecule has 0 aliphatic heterocycles. The minimum atomic E-state index is 0.0200. The van der Waals surface area contributed by atoms with Gasteiger partial charge in [0.2, 0.25) is 0 Å². The average molecular weight is 410 g/mol. The summed E-state index contributed by atoms with van der Waals surface area (Å²) in [5.41, 5.74) is 13.6. The predicted molar refractivity (Wildman–Crippen MR) is 128 cm³/mol. The Bertz CT molecular complexity index is 877. The summed E-state index contributed by atoms with van der Waals surface area (Å²) < 4.78 is 14.5. The number of aliphatic imine (C=N–C) groups is 1. The standard InChI is InChI=1S/C26H36FN3/c1-7-9-22(28)16-30-19(5)18(4)25(29-6)13-11-21-15-17(3)14-20-10-12-24(27)23(8-2)26(20)21/h13-15,22,30H,4-12,16,28H2,1-3H3/b25-13+. The topological polar surface area (TPSA) is 50.4 Å². The van der Waals surface area contributed by atoms with Crippen LogP contribution in [-0.2, 0) is 12.8 Å². The van der Waals surface area contributed by atoms with Gasteiger partial charge in [-0.05, 0) is 61.6 Å². The molecule has 0 fully saturated rings. The highest BCUT2D eigenvalue weighted by Crippen LogP contribution is 2.37. The van der Waals surface area contributed by atoms with Crippen LogP contribution < -0.4 is 11.1 Å². The van der Waals surface area contributed by atoms with Crippen LogP contribution in [0.2, 0.25) is 0 Å². The summed E-state index contributed by atoms with van der Waals surface area (Å²) in [6.07, 6.45) is 6.58. The molecule has 1 aromatic rings. The van der Waals surface area contributed by atoms with Crippen LogP contribution in [0.5, 0.6) is 0 Å². The maximum atomic E-state index is 14.5. The molecule has 3 nitrogen and oxygen atoms in total. The van der Waals surface area contributed by atoms with Gasteiger partial charge in [0.15, 0.2) is 0 Å². The van der Waals surface area contributed by atoms with Gasteiger partial charge in [-0.2, -0.15) is 0 Å². The number of nitrogens with one attached hydrogen (secondary N) is 1. The monoisotopic (exact) mass is 409 g/mol. The van der Waals surface area contributed by atoms with Gasteiger partial charge in [-0.15, -0.1) is 0 Å². The fraction of sp³-hybridized carbons (Fsp3) is 0.423. The lowest BCUT2D eigenvalue weighted by Gasteiger charge is -2.23. The van der Waals surface area contributed by atoms with Crippen molar-refractivity contribution in [2.24, 2.45) is 10.7 Å². The first-order valence-corrected chi connectivity index (χ1v) is 10.9. The second-order valence-electron chi connectivity index (χ2n) is 8.03. The first-order valence-electron chi connectivity index (χ1n) is 10.9. The van der Waals surface area contributed by atoms with E-state index in [1.54, 1.807) is 0 Å². The van der Waals surface area contributed by atoms with Crippen LogP contribution in [0.1, 0.15) is 61.8 Å². The highest BCUT2D eigenvalue weighted by molar-refractivity contribution is 5.75. The summed E-state index contributed by atoms with van der Waals surface area (Å²) in [5, 5.41) is 3.26. The molecule has 1 aromatic carbocycles. The van der Waals surface area contributed by atoms with Gasteiger partial charge in [0.25, 0.3) is 0 Å². The Morgan fingerprint density at radius 2 is 2.03 bits per heavy atom. The molecule has 3 N–H and O–H groups in total. The molecular weight excluding hydrogens is 373 g/mol. The van der Waals surface area contributed by atoms with Crippen molar-refractivity contribution in [3.63, 3.8) is 0 Å². The molecule has 1 unspecified atom stereocenters. The van der Waals surface area contributed by atoms with Crippen LogP contribution in [0.4, 0.5) is 4.39 Å². The summed E-state index contributed by atoms with van der Waals surface area (Å²) >= 11 is 0. The minimum absolute atomic E-state index is 0.0200. The van der Waals surface area contributed by atoms with Gasteiger partial charge in [-0.25, -0.2) is 4.39 Å². The van der Waals surface area contributed by atoms with E-state index in [0.717, 1.165) is 36.0 Å². The molecule has 162 valence electrons. The first-order chi connectivity index (χ1) is 14.3. The van der Waals surface area contributed by atoms with E-state index in [9.17, 15) is 4.39 Å². The van der Waals surface area contributed by atoms with Crippen LogP contribution in [0.3, 0.4) is 0 Å². The molecule has 0 radical (unpaired) electrons. The first kappa shape index (κ1) is 23.8. The number of fused-ring (bicyclic) bond motifs is 1. The van der Waals surface area contributed by atoms with Gasteiger partial charge < -0.3 is 11.1 Å². The smallest absolute Gasteiger partial charge is 0.104 e. The molecule has 0 aromatic heterocycles. The molecule has 1 atom stereocenters. The lowest BCUT2D eigenvalue weighted by atomic mass is 9.83. The summed E-state index contributed by atoms with van der Waals surface area (Å²) in [5.74, 6) is 0.0200. The van der Waals surface area contributed by atoms with E-state index in [4.69, 9.17) is 5.73 Å². The zero-order valence-electron chi connectivity index (χ0n) is 18.8. The third-order valence-electron chi connectivity index (χ3n) is 5.64. The maximum absolute atomic E-state index is 14.5. The molecule has 4 heteroatoms. The van der Waals surface area contributed by atoms with E-state index < -0.39 is 0 Å². The number of nitrogens with zero attached hydrogens (tertiary/aromatic N) is 1. The van der Waals surface area contributed by atoms with Crippen molar-refractivity contribution in [1.29, 1.82) is 0 Å². The highest BCUT2D eigenvalue weighted by atomic mass is 19.1. The fourth-order valence-electron chi connectivity index (χ4n) is 4.07. The van der Waals surface area contributed by atoms with Crippen LogP contribution in [-0.4, -0.2) is 19.3 Å². The normalized spacial score (nSPS) is 14.9. The molecule has 1 aliphatic carbocycles. The lowest BCUT2D eigenvalue weighted by molar-refractivity contribution is 0.572. The molecule has 0 bridgehead atoms. The molecule has 2 rings (SSSR count). The summed E-state index contributed by atoms with van der Waals surface area (Å²) in [4.78, 5) is 4.17. The van der Waals surface area contributed by atoms with Gasteiger partial charge >= 0.3 is 0 Å². The zero-order valence-corrected chi connectivity index (χ0v) is 18.8. The second-order valence-corrected chi connectivity index (χ2v) is 8.03. The Morgan fingerprint density at radius 3 is 2.67 bits per heavy atom. The van der Waals surface area contributed by atoms with Crippen LogP contribution in [0.15, 0.2) is 59.2 Å². The van der Waals surface area contributed by atoms with Crippen molar-refractivity contribution >= 4 is 12.3 Å². The number of aryl methyl sites for hydroxylation is 2. The van der Waals surface area contributed by atoms with E-state index in [-0.39, 0.29) is 11.9 Å². The highest BCUT2D eigenvalue weighted by Gasteiger charge is 2.21. The van der Waals surface area contributed by atoms with Gasteiger partial charge in [-0.1, -0.05) is 57.2 Å². The van der Waals surface area contributed by atoms with Crippen molar-refractivity contribution in [1.82, 2.24) is 5.32 Å². The third kappa shape index (κ3) is 5.79. The largest absolute Gasteiger partial charge is 0.383 e. The Morgan fingerprint density at radius 1 is 1.30 bits per heavy atom. The van der Waals surface area contributed by atoms with Gasteiger partial charge in [0.1, 0.15) is 5.83 Å². The summed E-state index contributed by atoms with van der Waals surface area (Å²) in [7, 11) is 0. The predicted octanol–water partition coefficient (Wildman–Crippen LogP) is 5.95. The number of allylic oxidation sites excluding steroid dienone is 3. The molecule has 30 heavy (non-hydrogen) atoms. The van der Waals surface area contributed by atoms with Crippen molar-refractivity contribution in [2.75, 3.05) is 6.54 Å². The van der Waals surface area contributed by atoms with Crippen LogP contribution >= 0.6 is 0 Å². The Hall–Kier alpha value is -2.46. The Labute approximate surface area is 181 Å². The zero-order chi connectivity index (χ0) is 22.3. The number of hydrogen-bond acceptors (Lipinski definition) is 3. The lowest BCUT2D eigenvalue weighted by Crippen LogP contribution is -2.33. The number of benzene rings is 1. The SMILES string of the molecule is C=N/C(=C/Cc1cc(C)cc2c1C(CC)=C(F)CC2)C(=C)C(=C)NCC(N)CCC. The fourth-order valence-corrected chi connectivity index (χ4v) is 4.07. The minimum Gasteiger partial charge on any atom is -0.383 e. The molecule has 0 saturated heterocycles. The van der Waals surface area contributed by atoms with Crippen molar-refractivity contribution in [2.45, 2.75) is 65.3 Å². The number of rotatable bonds is 11. The van der Waals surface area contributed by atoms with E-state index in [1.807, 2.05) is 13.0 Å². The Balaban J connectivity index is 2.23. The second kappa shape index (κ2) is 11.1. The van der Waals surface area contributed by atoms with Gasteiger partial charge in [0.05, 0.1) is 5.70 Å². The number of halogens is 1. The Kier molecular flexibility index (Phi) is 8.79. The molecule has 1 aliphatic rings. The van der Waals surface area contributed by atoms with Crippen molar-refractivity contribution in [3.8, 4) is 0 Å².